The van der Waals surface area contributed by atoms with Crippen LogP contribution in [0.5, 0.6) is 5.75 Å². The Hall–Kier alpha value is -1.71. The van der Waals surface area contributed by atoms with E-state index in [9.17, 15) is 0 Å². The maximum absolute atomic E-state index is 8.87. The molecule has 0 aliphatic rings. The summed E-state index contributed by atoms with van der Waals surface area (Å²) < 4.78 is 5.54. The fourth-order valence-electron chi connectivity index (χ4n) is 1.33. The van der Waals surface area contributed by atoms with Crippen LogP contribution in [0, 0.1) is 0 Å². The average Bonchev–Trinajstić information content (AvgIpc) is 2.31. The molecule has 0 aliphatic carbocycles. The zero-order valence-corrected chi connectivity index (χ0v) is 9.04. The highest BCUT2D eigenvalue weighted by atomic mass is 16.5. The number of hydrogen-bond donors (Lipinski definition) is 1. The first-order valence-corrected chi connectivity index (χ1v) is 5.21. The van der Waals surface area contributed by atoms with Crippen molar-refractivity contribution in [2.75, 3.05) is 19.8 Å². The van der Waals surface area contributed by atoms with Crippen molar-refractivity contribution < 1.29 is 9.84 Å². The van der Waals surface area contributed by atoms with Crippen LogP contribution in [0.4, 0.5) is 0 Å². The number of aliphatic hydroxyl groups excluding tert-OH is 1. The summed E-state index contributed by atoms with van der Waals surface area (Å²) in [6.45, 7) is 1.07. The summed E-state index contributed by atoms with van der Waals surface area (Å²) >= 11 is 0. The van der Waals surface area contributed by atoms with Crippen LogP contribution in [0.15, 0.2) is 29.4 Å². The first kappa shape index (κ1) is 12.4. The Balaban J connectivity index is 2.42. The average molecular weight is 221 g/mol. The molecule has 1 aromatic rings. The van der Waals surface area contributed by atoms with Crippen molar-refractivity contribution in [3.63, 3.8) is 0 Å². The van der Waals surface area contributed by atoms with Gasteiger partial charge in [0.1, 0.15) is 5.75 Å². The molecule has 5 nitrogen and oxygen atoms in total. The number of hydrogen-bond acceptors (Lipinski definition) is 3. The predicted octanol–water partition coefficient (Wildman–Crippen LogP) is 2.30. The molecule has 0 aromatic heterocycles. The second-order valence-corrected chi connectivity index (χ2v) is 3.24. The van der Waals surface area contributed by atoms with Gasteiger partial charge in [-0.3, -0.25) is 0 Å². The molecule has 5 heteroatoms. The lowest BCUT2D eigenvalue weighted by Crippen LogP contribution is -2.02. The molecule has 0 atom stereocenters. The van der Waals surface area contributed by atoms with Crippen molar-refractivity contribution in [3.8, 4) is 5.75 Å². The number of nitrogens with zero attached hydrogens (tertiary/aromatic N) is 3. The number of aliphatic hydroxyl groups is 1. The Bertz CT molecular complexity index is 362. The Morgan fingerprint density at radius 1 is 1.38 bits per heavy atom. The molecule has 0 saturated carbocycles. The first-order valence-electron chi connectivity index (χ1n) is 5.21. The summed E-state index contributed by atoms with van der Waals surface area (Å²) in [4.78, 5) is 2.66. The Morgan fingerprint density at radius 2 is 2.19 bits per heavy atom. The quantitative estimate of drug-likeness (QED) is 0.332. The SMILES string of the molecule is [N-]=[N+]=NCCCOc1ccccc1CCO. The van der Waals surface area contributed by atoms with E-state index in [4.69, 9.17) is 15.4 Å². The van der Waals surface area contributed by atoms with Crippen molar-refractivity contribution in [3.05, 3.63) is 40.3 Å². The van der Waals surface area contributed by atoms with Gasteiger partial charge in [-0.2, -0.15) is 0 Å². The lowest BCUT2D eigenvalue weighted by Gasteiger charge is -2.09. The first-order chi connectivity index (χ1) is 7.88. The van der Waals surface area contributed by atoms with Gasteiger partial charge in [-0.25, -0.2) is 0 Å². The fraction of sp³-hybridized carbons (Fsp3) is 0.455. The molecule has 16 heavy (non-hydrogen) atoms. The van der Waals surface area contributed by atoms with Gasteiger partial charge in [0.25, 0.3) is 0 Å². The van der Waals surface area contributed by atoms with E-state index in [-0.39, 0.29) is 6.61 Å². The molecule has 0 fully saturated rings. The Morgan fingerprint density at radius 3 is 2.94 bits per heavy atom. The second-order valence-electron chi connectivity index (χ2n) is 3.24. The van der Waals surface area contributed by atoms with Gasteiger partial charge in [-0.1, -0.05) is 23.3 Å². The van der Waals surface area contributed by atoms with E-state index in [1.807, 2.05) is 24.3 Å². The minimum Gasteiger partial charge on any atom is -0.493 e. The number of rotatable bonds is 7. The lowest BCUT2D eigenvalue weighted by molar-refractivity contribution is 0.287. The summed E-state index contributed by atoms with van der Waals surface area (Å²) in [5.74, 6) is 0.789. The lowest BCUT2D eigenvalue weighted by atomic mass is 10.1. The van der Waals surface area contributed by atoms with E-state index in [1.54, 1.807) is 0 Å². The molecule has 1 aromatic carbocycles. The van der Waals surface area contributed by atoms with Gasteiger partial charge in [-0.05, 0) is 30.0 Å². The molecule has 0 saturated heterocycles. The van der Waals surface area contributed by atoms with Crippen molar-refractivity contribution in [2.24, 2.45) is 5.11 Å². The van der Waals surface area contributed by atoms with Gasteiger partial charge < -0.3 is 9.84 Å². The molecule has 86 valence electrons. The highest BCUT2D eigenvalue weighted by molar-refractivity contribution is 5.33. The number of ether oxygens (including phenoxy) is 1. The highest BCUT2D eigenvalue weighted by Gasteiger charge is 2.01. The normalized spacial score (nSPS) is 9.56. The third-order valence-electron chi connectivity index (χ3n) is 2.08. The summed E-state index contributed by atoms with van der Waals surface area (Å²) in [5.41, 5.74) is 9.08. The van der Waals surface area contributed by atoms with Crippen LogP contribution in [-0.4, -0.2) is 24.9 Å². The summed E-state index contributed by atoms with van der Waals surface area (Å²) in [5, 5.41) is 12.3. The van der Waals surface area contributed by atoms with E-state index in [2.05, 4.69) is 10.0 Å². The van der Waals surface area contributed by atoms with Gasteiger partial charge in [-0.15, -0.1) is 0 Å². The topological polar surface area (TPSA) is 78.2 Å². The summed E-state index contributed by atoms with van der Waals surface area (Å²) in [6, 6.07) is 7.61. The molecule has 0 heterocycles. The Labute approximate surface area is 94.3 Å². The van der Waals surface area contributed by atoms with Gasteiger partial charge in [0.2, 0.25) is 0 Å². The van der Waals surface area contributed by atoms with Crippen LogP contribution in [0.2, 0.25) is 0 Å². The van der Waals surface area contributed by atoms with E-state index in [0.717, 1.165) is 11.3 Å². The van der Waals surface area contributed by atoms with Crippen LogP contribution in [-0.2, 0) is 6.42 Å². The predicted molar refractivity (Wildman–Crippen MR) is 61.4 cm³/mol. The highest BCUT2D eigenvalue weighted by Crippen LogP contribution is 2.18. The molecule has 0 spiro atoms. The minimum absolute atomic E-state index is 0.110. The van der Waals surface area contributed by atoms with Gasteiger partial charge in [0.15, 0.2) is 0 Å². The van der Waals surface area contributed by atoms with Crippen LogP contribution in [0.1, 0.15) is 12.0 Å². The second kappa shape index (κ2) is 7.56. The van der Waals surface area contributed by atoms with Crippen LogP contribution in [0.25, 0.3) is 10.4 Å². The van der Waals surface area contributed by atoms with Gasteiger partial charge >= 0.3 is 0 Å². The molecule has 0 aliphatic heterocycles. The van der Waals surface area contributed by atoms with Crippen molar-refractivity contribution in [1.29, 1.82) is 0 Å². The van der Waals surface area contributed by atoms with Crippen molar-refractivity contribution in [2.45, 2.75) is 12.8 Å². The molecule has 0 bridgehead atoms. The van der Waals surface area contributed by atoms with E-state index in [0.29, 0.717) is 26.0 Å². The molecular formula is C11H15N3O2. The maximum atomic E-state index is 8.87. The molecule has 0 radical (unpaired) electrons. The summed E-state index contributed by atoms with van der Waals surface area (Å²) in [6.07, 6.45) is 1.28. The van der Waals surface area contributed by atoms with Gasteiger partial charge in [0.05, 0.1) is 6.61 Å². The van der Waals surface area contributed by atoms with Crippen LogP contribution in [0.3, 0.4) is 0 Å². The third kappa shape index (κ3) is 4.21. The number of para-hydroxylation sites is 1. The number of benzene rings is 1. The molecule has 0 unspecified atom stereocenters. The largest absolute Gasteiger partial charge is 0.493 e. The molecule has 1 rings (SSSR count). The van der Waals surface area contributed by atoms with Crippen LogP contribution >= 0.6 is 0 Å². The number of azide groups is 1. The monoisotopic (exact) mass is 221 g/mol. The maximum Gasteiger partial charge on any atom is 0.122 e. The Kier molecular flexibility index (Phi) is 5.84. The van der Waals surface area contributed by atoms with Crippen LogP contribution < -0.4 is 4.74 Å². The van der Waals surface area contributed by atoms with E-state index in [1.165, 1.54) is 0 Å². The third-order valence-corrected chi connectivity index (χ3v) is 2.08. The molecular weight excluding hydrogens is 206 g/mol. The zero-order valence-electron chi connectivity index (χ0n) is 9.04. The zero-order chi connectivity index (χ0) is 11.6. The van der Waals surface area contributed by atoms with Gasteiger partial charge in [0, 0.05) is 18.1 Å². The smallest absolute Gasteiger partial charge is 0.122 e. The molecule has 1 N–H and O–H groups in total. The van der Waals surface area contributed by atoms with E-state index >= 15 is 0 Å². The molecule has 0 amide bonds. The standard InChI is InChI=1S/C11H15N3O2/c12-14-13-7-3-9-16-11-5-2-1-4-10(11)6-8-15/h1-2,4-5,15H,3,6-9H2. The van der Waals surface area contributed by atoms with E-state index < -0.39 is 0 Å². The summed E-state index contributed by atoms with van der Waals surface area (Å²) in [7, 11) is 0. The minimum atomic E-state index is 0.110. The van der Waals surface area contributed by atoms with Crippen molar-refractivity contribution in [1.82, 2.24) is 0 Å². The fourth-order valence-corrected chi connectivity index (χ4v) is 1.33. The van der Waals surface area contributed by atoms with Crippen molar-refractivity contribution >= 4 is 0 Å².